The first kappa shape index (κ1) is 14.3. The van der Waals surface area contributed by atoms with Gasteiger partial charge in [0.2, 0.25) is 5.95 Å². The number of hydrogen-bond donors (Lipinski definition) is 1. The van der Waals surface area contributed by atoms with Crippen LogP contribution in [-0.4, -0.2) is 40.6 Å². The summed E-state index contributed by atoms with van der Waals surface area (Å²) < 4.78 is 2.29. The van der Waals surface area contributed by atoms with Crippen LogP contribution < -0.4 is 5.32 Å². The van der Waals surface area contributed by atoms with Crippen LogP contribution in [0.2, 0.25) is 0 Å². The van der Waals surface area contributed by atoms with Gasteiger partial charge in [-0.1, -0.05) is 42.5 Å². The van der Waals surface area contributed by atoms with Gasteiger partial charge in [-0.25, -0.2) is 4.98 Å². The number of anilines is 1. The summed E-state index contributed by atoms with van der Waals surface area (Å²) >= 11 is 0. The lowest BCUT2D eigenvalue weighted by atomic mass is 10.2. The fraction of sp³-hybridized carbons (Fsp3) is 0.316. The number of nitrogens with zero attached hydrogens (tertiary/aromatic N) is 3. The van der Waals surface area contributed by atoms with Crippen molar-refractivity contribution in [1.29, 1.82) is 0 Å². The average molecular weight is 306 g/mol. The lowest BCUT2D eigenvalue weighted by molar-refractivity contribution is 0.413. The number of rotatable bonds is 4. The van der Waals surface area contributed by atoms with Crippen molar-refractivity contribution in [3.05, 3.63) is 60.2 Å². The van der Waals surface area contributed by atoms with E-state index in [1.165, 1.54) is 17.5 Å². The minimum Gasteiger partial charge on any atom is -0.352 e. The SMILES string of the molecule is CN1CCC(Nc2nc3ccccc3n2Cc2ccccc2)C1. The molecule has 1 unspecified atom stereocenters. The van der Waals surface area contributed by atoms with E-state index in [1.54, 1.807) is 0 Å². The molecule has 3 aromatic rings. The van der Waals surface area contributed by atoms with E-state index >= 15 is 0 Å². The summed E-state index contributed by atoms with van der Waals surface area (Å²) in [4.78, 5) is 7.19. The third-order valence-electron chi connectivity index (χ3n) is 4.56. The number of para-hydroxylation sites is 2. The molecule has 0 spiro atoms. The summed E-state index contributed by atoms with van der Waals surface area (Å²) in [7, 11) is 2.18. The van der Waals surface area contributed by atoms with Gasteiger partial charge in [0.05, 0.1) is 17.6 Å². The average Bonchev–Trinajstić information content (AvgIpc) is 3.13. The summed E-state index contributed by atoms with van der Waals surface area (Å²) in [6.07, 6.45) is 1.17. The smallest absolute Gasteiger partial charge is 0.204 e. The Morgan fingerprint density at radius 3 is 2.65 bits per heavy atom. The zero-order valence-electron chi connectivity index (χ0n) is 13.4. The molecule has 4 heteroatoms. The number of nitrogens with one attached hydrogen (secondary N) is 1. The predicted octanol–water partition coefficient (Wildman–Crippen LogP) is 3.20. The van der Waals surface area contributed by atoms with Crippen LogP contribution in [0.15, 0.2) is 54.6 Å². The molecule has 0 bridgehead atoms. The number of fused-ring (bicyclic) bond motifs is 1. The third-order valence-corrected chi connectivity index (χ3v) is 4.56. The molecule has 118 valence electrons. The Kier molecular flexibility index (Phi) is 3.75. The third kappa shape index (κ3) is 2.94. The van der Waals surface area contributed by atoms with Gasteiger partial charge >= 0.3 is 0 Å². The van der Waals surface area contributed by atoms with Gasteiger partial charge in [-0.15, -0.1) is 0 Å². The van der Waals surface area contributed by atoms with E-state index in [2.05, 4.69) is 76.4 Å². The van der Waals surface area contributed by atoms with Gasteiger partial charge in [0, 0.05) is 12.6 Å². The van der Waals surface area contributed by atoms with E-state index in [9.17, 15) is 0 Å². The van der Waals surface area contributed by atoms with E-state index in [0.717, 1.165) is 31.1 Å². The molecule has 1 aromatic heterocycles. The minimum atomic E-state index is 0.478. The van der Waals surface area contributed by atoms with Crippen LogP contribution in [0.1, 0.15) is 12.0 Å². The molecular weight excluding hydrogens is 284 g/mol. The molecule has 1 aliphatic rings. The fourth-order valence-electron chi connectivity index (χ4n) is 3.35. The zero-order valence-corrected chi connectivity index (χ0v) is 13.4. The molecular formula is C19H22N4. The summed E-state index contributed by atoms with van der Waals surface area (Å²) in [6, 6.07) is 19.4. The maximum Gasteiger partial charge on any atom is 0.204 e. The molecule has 4 rings (SSSR count). The van der Waals surface area contributed by atoms with Crippen molar-refractivity contribution in [2.45, 2.75) is 19.0 Å². The molecule has 0 saturated carbocycles. The first-order chi connectivity index (χ1) is 11.3. The van der Waals surface area contributed by atoms with Gasteiger partial charge in [-0.05, 0) is 37.7 Å². The van der Waals surface area contributed by atoms with Crippen LogP contribution in [0.4, 0.5) is 5.95 Å². The molecule has 2 heterocycles. The maximum absolute atomic E-state index is 4.83. The van der Waals surface area contributed by atoms with Crippen LogP contribution in [0.5, 0.6) is 0 Å². The highest BCUT2D eigenvalue weighted by Gasteiger charge is 2.21. The molecule has 1 aliphatic heterocycles. The van der Waals surface area contributed by atoms with Crippen LogP contribution in [0.25, 0.3) is 11.0 Å². The van der Waals surface area contributed by atoms with Crippen molar-refractivity contribution in [2.75, 3.05) is 25.5 Å². The second-order valence-electron chi connectivity index (χ2n) is 6.39. The van der Waals surface area contributed by atoms with Crippen LogP contribution in [-0.2, 0) is 6.54 Å². The lowest BCUT2D eigenvalue weighted by Gasteiger charge is -2.16. The summed E-state index contributed by atoms with van der Waals surface area (Å²) in [5.41, 5.74) is 3.53. The zero-order chi connectivity index (χ0) is 15.6. The quantitative estimate of drug-likeness (QED) is 0.803. The molecule has 2 aromatic carbocycles. The van der Waals surface area contributed by atoms with Crippen molar-refractivity contribution in [2.24, 2.45) is 0 Å². The molecule has 1 atom stereocenters. The van der Waals surface area contributed by atoms with Crippen molar-refractivity contribution >= 4 is 17.0 Å². The highest BCUT2D eigenvalue weighted by molar-refractivity contribution is 5.78. The first-order valence-electron chi connectivity index (χ1n) is 8.24. The number of benzene rings is 2. The monoisotopic (exact) mass is 306 g/mol. The molecule has 1 N–H and O–H groups in total. The lowest BCUT2D eigenvalue weighted by Crippen LogP contribution is -2.25. The summed E-state index contributed by atoms with van der Waals surface area (Å²) in [5.74, 6) is 0.982. The number of likely N-dealkylation sites (tertiary alicyclic amines) is 1. The second kappa shape index (κ2) is 6.05. The Hall–Kier alpha value is -2.33. The molecule has 4 nitrogen and oxygen atoms in total. The van der Waals surface area contributed by atoms with Gasteiger partial charge in [-0.2, -0.15) is 0 Å². The standard InChI is InChI=1S/C19H22N4/c1-22-12-11-16(14-22)20-19-21-17-9-5-6-10-18(17)23(19)13-15-7-3-2-4-8-15/h2-10,16H,11-14H2,1H3,(H,20,21). The number of imidazole rings is 1. The molecule has 23 heavy (non-hydrogen) atoms. The topological polar surface area (TPSA) is 33.1 Å². The van der Waals surface area contributed by atoms with Gasteiger partial charge < -0.3 is 14.8 Å². The molecule has 0 radical (unpaired) electrons. The van der Waals surface area contributed by atoms with Crippen LogP contribution >= 0.6 is 0 Å². The molecule has 1 saturated heterocycles. The van der Waals surface area contributed by atoms with Crippen LogP contribution in [0.3, 0.4) is 0 Å². The van der Waals surface area contributed by atoms with E-state index < -0.39 is 0 Å². The van der Waals surface area contributed by atoms with Gasteiger partial charge in [0.1, 0.15) is 0 Å². The Balaban J connectivity index is 1.69. The molecule has 0 amide bonds. The van der Waals surface area contributed by atoms with E-state index in [-0.39, 0.29) is 0 Å². The van der Waals surface area contributed by atoms with Gasteiger partial charge in [0.25, 0.3) is 0 Å². The Labute approximate surface area is 136 Å². The highest BCUT2D eigenvalue weighted by atomic mass is 15.3. The first-order valence-corrected chi connectivity index (χ1v) is 8.24. The second-order valence-corrected chi connectivity index (χ2v) is 6.39. The van der Waals surface area contributed by atoms with E-state index in [4.69, 9.17) is 4.98 Å². The Morgan fingerprint density at radius 1 is 1.09 bits per heavy atom. The minimum absolute atomic E-state index is 0.478. The Morgan fingerprint density at radius 2 is 1.87 bits per heavy atom. The summed E-state index contributed by atoms with van der Waals surface area (Å²) in [6.45, 7) is 3.07. The highest BCUT2D eigenvalue weighted by Crippen LogP contribution is 2.23. The van der Waals surface area contributed by atoms with Crippen molar-refractivity contribution < 1.29 is 0 Å². The molecule has 1 fully saturated rings. The number of likely N-dealkylation sites (N-methyl/N-ethyl adjacent to an activating group) is 1. The fourth-order valence-corrected chi connectivity index (χ4v) is 3.35. The normalized spacial score (nSPS) is 18.6. The summed E-state index contributed by atoms with van der Waals surface area (Å²) in [5, 5.41) is 3.66. The van der Waals surface area contributed by atoms with E-state index in [0.29, 0.717) is 6.04 Å². The Bertz CT molecular complexity index is 793. The van der Waals surface area contributed by atoms with Crippen LogP contribution in [0, 0.1) is 0 Å². The molecule has 0 aliphatic carbocycles. The number of hydrogen-bond acceptors (Lipinski definition) is 3. The van der Waals surface area contributed by atoms with Crippen molar-refractivity contribution in [3.63, 3.8) is 0 Å². The van der Waals surface area contributed by atoms with E-state index in [1.807, 2.05) is 0 Å². The predicted molar refractivity (Wildman–Crippen MR) is 94.8 cm³/mol. The largest absolute Gasteiger partial charge is 0.352 e. The maximum atomic E-state index is 4.83. The van der Waals surface area contributed by atoms with Crippen molar-refractivity contribution in [1.82, 2.24) is 14.5 Å². The van der Waals surface area contributed by atoms with Gasteiger partial charge in [0.15, 0.2) is 0 Å². The van der Waals surface area contributed by atoms with Crippen molar-refractivity contribution in [3.8, 4) is 0 Å². The number of aromatic nitrogens is 2. The van der Waals surface area contributed by atoms with Gasteiger partial charge in [-0.3, -0.25) is 0 Å².